The molecule has 1 unspecified atom stereocenters. The third-order valence-electron chi connectivity index (χ3n) is 3.81. The molecule has 0 radical (unpaired) electrons. The van der Waals surface area contributed by atoms with Crippen LogP contribution in [-0.4, -0.2) is 41.1 Å². The van der Waals surface area contributed by atoms with Crippen molar-refractivity contribution < 1.29 is 8.42 Å². The van der Waals surface area contributed by atoms with Gasteiger partial charge in [-0.25, -0.2) is 8.42 Å². The molecular weight excluding hydrogens is 350 g/mol. The third kappa shape index (κ3) is 3.93. The maximum Gasteiger partial charge on any atom is 0.244 e. The van der Waals surface area contributed by atoms with E-state index < -0.39 is 9.84 Å². The van der Waals surface area contributed by atoms with Gasteiger partial charge in [-0.15, -0.1) is 5.10 Å². The summed E-state index contributed by atoms with van der Waals surface area (Å²) in [7, 11) is -2.96. The Bertz CT molecular complexity index is 849. The summed E-state index contributed by atoms with van der Waals surface area (Å²) < 4.78 is 23.0. The Balaban J connectivity index is 1.77. The Hall–Kier alpha value is -1.93. The van der Waals surface area contributed by atoms with Crippen molar-refractivity contribution in [3.05, 3.63) is 34.5 Å². The Morgan fingerprint density at radius 1 is 1.29 bits per heavy atom. The number of hydrogen-bond acceptors (Lipinski definition) is 7. The fourth-order valence-electron chi connectivity index (χ4n) is 2.72. The van der Waals surface area contributed by atoms with Gasteiger partial charge >= 0.3 is 0 Å². The van der Waals surface area contributed by atoms with Crippen LogP contribution in [0.2, 0.25) is 5.02 Å². The monoisotopic (exact) mass is 367 g/mol. The van der Waals surface area contributed by atoms with Gasteiger partial charge in [0.25, 0.3) is 0 Å². The Morgan fingerprint density at radius 2 is 2.08 bits per heavy atom. The van der Waals surface area contributed by atoms with Gasteiger partial charge < -0.3 is 10.6 Å². The number of nitrogens with one attached hydrogen (secondary N) is 2. The molecule has 2 aromatic rings. The van der Waals surface area contributed by atoms with Crippen molar-refractivity contribution in [3.63, 3.8) is 0 Å². The molecule has 1 aliphatic heterocycles. The summed E-state index contributed by atoms with van der Waals surface area (Å²) in [5.74, 6) is 1.07. The van der Waals surface area contributed by atoms with Crippen molar-refractivity contribution in [2.45, 2.75) is 26.3 Å². The van der Waals surface area contributed by atoms with Crippen molar-refractivity contribution in [2.24, 2.45) is 0 Å². The van der Waals surface area contributed by atoms with E-state index in [9.17, 15) is 8.42 Å². The molecule has 1 aromatic carbocycles. The molecule has 2 N–H and O–H groups in total. The van der Waals surface area contributed by atoms with E-state index in [0.29, 0.717) is 23.2 Å². The van der Waals surface area contributed by atoms with Crippen LogP contribution in [0.4, 0.5) is 17.5 Å². The van der Waals surface area contributed by atoms with Gasteiger partial charge in [-0.1, -0.05) is 17.7 Å². The average Bonchev–Trinajstić information content (AvgIpc) is 2.82. The first-order valence-electron chi connectivity index (χ1n) is 7.53. The van der Waals surface area contributed by atoms with E-state index in [4.69, 9.17) is 11.6 Å². The maximum absolute atomic E-state index is 11.5. The topological polar surface area (TPSA) is 96.9 Å². The Morgan fingerprint density at radius 3 is 2.75 bits per heavy atom. The minimum Gasteiger partial charge on any atom is -0.349 e. The van der Waals surface area contributed by atoms with Crippen LogP contribution in [0.3, 0.4) is 0 Å². The standard InChI is InChI=1S/C15H18ClN5O2S/c1-9-5-10(2)14(12(16)6-9)19-13-7-17-21-15(20-13)18-11-3-4-24(22,23)8-11/h5-7,11H,3-4,8H2,1-2H3,(H2,18,19,20,21). The lowest BCUT2D eigenvalue weighted by atomic mass is 10.1. The van der Waals surface area contributed by atoms with Gasteiger partial charge in [0.1, 0.15) is 0 Å². The number of anilines is 3. The zero-order valence-corrected chi connectivity index (χ0v) is 14.9. The molecule has 0 spiro atoms. The molecule has 1 atom stereocenters. The molecule has 128 valence electrons. The Labute approximate surface area is 145 Å². The fraction of sp³-hybridized carbons (Fsp3) is 0.400. The highest BCUT2D eigenvalue weighted by Gasteiger charge is 2.28. The van der Waals surface area contributed by atoms with E-state index >= 15 is 0 Å². The number of halogens is 1. The molecule has 0 aliphatic carbocycles. The van der Waals surface area contributed by atoms with E-state index in [0.717, 1.165) is 16.8 Å². The number of nitrogens with zero attached hydrogens (tertiary/aromatic N) is 3. The molecule has 0 bridgehead atoms. The molecule has 1 aromatic heterocycles. The first-order valence-corrected chi connectivity index (χ1v) is 9.73. The first kappa shape index (κ1) is 16.9. The lowest BCUT2D eigenvalue weighted by Gasteiger charge is -2.13. The normalized spacial score (nSPS) is 19.2. The predicted octanol–water partition coefficient (Wildman–Crippen LogP) is 2.48. The third-order valence-corrected chi connectivity index (χ3v) is 5.88. The second-order valence-corrected chi connectivity index (χ2v) is 8.61. The molecule has 3 rings (SSSR count). The van der Waals surface area contributed by atoms with E-state index in [1.54, 1.807) is 0 Å². The average molecular weight is 368 g/mol. The highest BCUT2D eigenvalue weighted by atomic mass is 35.5. The van der Waals surface area contributed by atoms with Gasteiger partial charge in [0.15, 0.2) is 15.7 Å². The molecule has 0 amide bonds. The van der Waals surface area contributed by atoms with Crippen LogP contribution < -0.4 is 10.6 Å². The molecule has 9 heteroatoms. The number of rotatable bonds is 4. The molecular formula is C15H18ClN5O2S. The van der Waals surface area contributed by atoms with E-state index in [1.807, 2.05) is 26.0 Å². The molecule has 1 fully saturated rings. The van der Waals surface area contributed by atoms with Crippen molar-refractivity contribution in [1.29, 1.82) is 0 Å². The highest BCUT2D eigenvalue weighted by molar-refractivity contribution is 7.91. The van der Waals surface area contributed by atoms with E-state index in [2.05, 4.69) is 25.8 Å². The largest absolute Gasteiger partial charge is 0.349 e. The van der Waals surface area contributed by atoms with Crippen LogP contribution in [0.5, 0.6) is 0 Å². The SMILES string of the molecule is Cc1cc(C)c(Nc2cnnc(NC3CCS(=O)(=O)C3)n2)c(Cl)c1. The lowest BCUT2D eigenvalue weighted by molar-refractivity contribution is 0.602. The zero-order chi connectivity index (χ0) is 17.3. The van der Waals surface area contributed by atoms with Gasteiger partial charge in [0.05, 0.1) is 28.4 Å². The van der Waals surface area contributed by atoms with Gasteiger partial charge in [-0.05, 0) is 37.5 Å². The van der Waals surface area contributed by atoms with E-state index in [-0.39, 0.29) is 17.5 Å². The van der Waals surface area contributed by atoms with Crippen molar-refractivity contribution in [1.82, 2.24) is 15.2 Å². The summed E-state index contributed by atoms with van der Waals surface area (Å²) in [6.45, 7) is 3.94. The number of aromatic nitrogens is 3. The lowest BCUT2D eigenvalue weighted by Crippen LogP contribution is -2.22. The molecule has 0 saturated carbocycles. The summed E-state index contributed by atoms with van der Waals surface area (Å²) in [5, 5.41) is 14.6. The second kappa shape index (κ2) is 6.52. The highest BCUT2D eigenvalue weighted by Crippen LogP contribution is 2.29. The fourth-order valence-corrected chi connectivity index (χ4v) is 4.76. The minimum atomic E-state index is -2.96. The van der Waals surface area contributed by atoms with Crippen LogP contribution in [0.25, 0.3) is 0 Å². The van der Waals surface area contributed by atoms with Crippen LogP contribution >= 0.6 is 11.6 Å². The number of benzene rings is 1. The van der Waals surface area contributed by atoms with Crippen LogP contribution in [0, 0.1) is 13.8 Å². The molecule has 7 nitrogen and oxygen atoms in total. The van der Waals surface area contributed by atoms with Crippen LogP contribution in [-0.2, 0) is 9.84 Å². The van der Waals surface area contributed by atoms with Gasteiger partial charge in [-0.2, -0.15) is 10.1 Å². The summed E-state index contributed by atoms with van der Waals surface area (Å²) in [4.78, 5) is 4.33. The van der Waals surface area contributed by atoms with Crippen molar-refractivity contribution in [2.75, 3.05) is 22.1 Å². The smallest absolute Gasteiger partial charge is 0.244 e. The second-order valence-electron chi connectivity index (χ2n) is 5.97. The molecule has 1 saturated heterocycles. The quantitative estimate of drug-likeness (QED) is 0.856. The zero-order valence-electron chi connectivity index (χ0n) is 13.4. The van der Waals surface area contributed by atoms with Gasteiger partial charge in [0, 0.05) is 6.04 Å². The maximum atomic E-state index is 11.5. The minimum absolute atomic E-state index is 0.0942. The molecule has 1 aliphatic rings. The summed E-state index contributed by atoms with van der Waals surface area (Å²) >= 11 is 6.28. The summed E-state index contributed by atoms with van der Waals surface area (Å²) in [6, 6.07) is 3.70. The molecule has 24 heavy (non-hydrogen) atoms. The van der Waals surface area contributed by atoms with Crippen molar-refractivity contribution >= 4 is 38.9 Å². The Kier molecular flexibility index (Phi) is 4.60. The van der Waals surface area contributed by atoms with Gasteiger partial charge in [-0.3, -0.25) is 0 Å². The number of hydrogen-bond donors (Lipinski definition) is 2. The van der Waals surface area contributed by atoms with E-state index in [1.165, 1.54) is 6.20 Å². The van der Waals surface area contributed by atoms with Crippen LogP contribution in [0.1, 0.15) is 17.5 Å². The number of aryl methyl sites for hydroxylation is 2. The summed E-state index contributed by atoms with van der Waals surface area (Å²) in [6.07, 6.45) is 2.04. The first-order chi connectivity index (χ1) is 11.3. The number of sulfone groups is 1. The molecule has 2 heterocycles. The predicted molar refractivity (Wildman–Crippen MR) is 94.7 cm³/mol. The van der Waals surface area contributed by atoms with Crippen LogP contribution in [0.15, 0.2) is 18.3 Å². The van der Waals surface area contributed by atoms with Gasteiger partial charge in [0.2, 0.25) is 5.95 Å². The summed E-state index contributed by atoms with van der Waals surface area (Å²) in [5.41, 5.74) is 2.83. The van der Waals surface area contributed by atoms with Crippen molar-refractivity contribution in [3.8, 4) is 0 Å².